The molecule has 4 rings (SSSR count). The van der Waals surface area contributed by atoms with Crippen LogP contribution in [0.4, 0.5) is 0 Å². The summed E-state index contributed by atoms with van der Waals surface area (Å²) in [6.45, 7) is 6.39. The van der Waals surface area contributed by atoms with E-state index in [1.54, 1.807) is 0 Å². The maximum Gasteiger partial charge on any atom is 0.334 e. The summed E-state index contributed by atoms with van der Waals surface area (Å²) in [5.41, 5.74) is 2.76. The number of hydrogen-bond donors (Lipinski definition) is 2. The summed E-state index contributed by atoms with van der Waals surface area (Å²) in [5.74, 6) is 0.325. The molecule has 3 aliphatic carbocycles. The fraction of sp³-hybridized carbons (Fsp3) is 0.750. The molecule has 2 fully saturated rings. The van der Waals surface area contributed by atoms with E-state index in [4.69, 9.17) is 4.74 Å². The topological polar surface area (TPSA) is 66.8 Å². The molecule has 0 radical (unpaired) electrons. The lowest BCUT2D eigenvalue weighted by atomic mass is 9.45. The van der Waals surface area contributed by atoms with Crippen LogP contribution >= 0.6 is 0 Å². The highest BCUT2D eigenvalue weighted by atomic mass is 16.5. The first-order valence-corrected chi connectivity index (χ1v) is 9.22. The van der Waals surface area contributed by atoms with Gasteiger partial charge in [-0.2, -0.15) is 0 Å². The van der Waals surface area contributed by atoms with E-state index < -0.39 is 0 Å². The van der Waals surface area contributed by atoms with Gasteiger partial charge in [0.25, 0.3) is 0 Å². The molecule has 2 N–H and O–H groups in total. The summed E-state index contributed by atoms with van der Waals surface area (Å²) in [6.07, 6.45) is 6.03. The van der Waals surface area contributed by atoms with Gasteiger partial charge in [-0.15, -0.1) is 0 Å². The van der Waals surface area contributed by atoms with Gasteiger partial charge in [-0.1, -0.05) is 25.5 Å². The highest BCUT2D eigenvalue weighted by Crippen LogP contribution is 2.63. The van der Waals surface area contributed by atoms with E-state index in [-0.39, 0.29) is 41.5 Å². The van der Waals surface area contributed by atoms with Gasteiger partial charge in [0.2, 0.25) is 0 Å². The second-order valence-corrected chi connectivity index (χ2v) is 8.81. The third kappa shape index (κ3) is 1.96. The van der Waals surface area contributed by atoms with E-state index in [9.17, 15) is 15.0 Å². The van der Waals surface area contributed by atoms with Crippen LogP contribution in [0.15, 0.2) is 22.8 Å². The third-order valence-corrected chi connectivity index (χ3v) is 7.71. The molecule has 4 heteroatoms. The van der Waals surface area contributed by atoms with Crippen LogP contribution in [-0.2, 0) is 9.53 Å². The first kappa shape index (κ1) is 16.3. The number of esters is 1. The summed E-state index contributed by atoms with van der Waals surface area (Å²) in [7, 11) is 0. The van der Waals surface area contributed by atoms with Crippen molar-refractivity contribution in [1.82, 2.24) is 0 Å². The SMILES string of the molecule is CC1=C2C=C3CC[C@@H]4[C@@](C)(CO)CC[C@H](O)[C@@]4(C)[C@@H]3C[C@H]2OC1=O. The van der Waals surface area contributed by atoms with Crippen molar-refractivity contribution in [3.8, 4) is 0 Å². The van der Waals surface area contributed by atoms with E-state index >= 15 is 0 Å². The summed E-state index contributed by atoms with van der Waals surface area (Å²) in [5, 5.41) is 21.0. The molecule has 2 saturated carbocycles. The molecule has 24 heavy (non-hydrogen) atoms. The second kappa shape index (κ2) is 5.18. The summed E-state index contributed by atoms with van der Waals surface area (Å²) in [4.78, 5) is 11.9. The van der Waals surface area contributed by atoms with Crippen molar-refractivity contribution in [2.45, 2.75) is 65.1 Å². The molecular formula is C20H28O4. The maximum atomic E-state index is 11.9. The number of hydrogen-bond acceptors (Lipinski definition) is 4. The molecule has 0 aromatic carbocycles. The summed E-state index contributed by atoms with van der Waals surface area (Å²) < 4.78 is 5.58. The standard InChI is InChI=1S/C20H28O4/c1-11-13-8-12-4-5-16-19(2,10-21)7-6-17(22)20(16,3)14(12)9-15(13)24-18(11)23/h8,14-17,21-22H,4-7,9-10H2,1-3H3/t14-,15-,16-,17+,19-,20+/m1/s1. The predicted molar refractivity (Wildman–Crippen MR) is 90.0 cm³/mol. The molecule has 0 spiro atoms. The monoisotopic (exact) mass is 332 g/mol. The molecule has 0 bridgehead atoms. The first-order chi connectivity index (χ1) is 11.3. The van der Waals surface area contributed by atoms with Crippen molar-refractivity contribution in [2.24, 2.45) is 22.7 Å². The van der Waals surface area contributed by atoms with Gasteiger partial charge < -0.3 is 14.9 Å². The van der Waals surface area contributed by atoms with Crippen LogP contribution in [0.2, 0.25) is 0 Å². The lowest BCUT2D eigenvalue weighted by molar-refractivity contribution is -0.162. The molecule has 6 atom stereocenters. The molecule has 0 aromatic heterocycles. The minimum absolute atomic E-state index is 0.127. The van der Waals surface area contributed by atoms with Gasteiger partial charge in [0, 0.05) is 23.2 Å². The van der Waals surface area contributed by atoms with Crippen molar-refractivity contribution >= 4 is 5.97 Å². The molecule has 1 aliphatic heterocycles. The number of carbonyl (C=O) groups is 1. The Morgan fingerprint density at radius 3 is 2.79 bits per heavy atom. The van der Waals surface area contributed by atoms with Crippen molar-refractivity contribution in [3.05, 3.63) is 22.8 Å². The van der Waals surface area contributed by atoms with Gasteiger partial charge in [0.15, 0.2) is 0 Å². The summed E-state index contributed by atoms with van der Waals surface area (Å²) in [6, 6.07) is 0. The lowest BCUT2D eigenvalue weighted by Crippen LogP contribution is -2.59. The van der Waals surface area contributed by atoms with E-state index in [0.717, 1.165) is 43.3 Å². The molecular weight excluding hydrogens is 304 g/mol. The van der Waals surface area contributed by atoms with Crippen LogP contribution in [0.3, 0.4) is 0 Å². The Kier molecular flexibility index (Phi) is 3.53. The molecule has 132 valence electrons. The second-order valence-electron chi connectivity index (χ2n) is 8.81. The van der Waals surface area contributed by atoms with Crippen LogP contribution < -0.4 is 0 Å². The fourth-order valence-corrected chi connectivity index (χ4v) is 6.15. The normalized spacial score (nSPS) is 47.5. The van der Waals surface area contributed by atoms with Crippen molar-refractivity contribution in [1.29, 1.82) is 0 Å². The zero-order chi connectivity index (χ0) is 17.3. The highest BCUT2D eigenvalue weighted by Gasteiger charge is 2.60. The van der Waals surface area contributed by atoms with E-state index in [1.165, 1.54) is 5.57 Å². The zero-order valence-corrected chi connectivity index (χ0v) is 14.8. The van der Waals surface area contributed by atoms with E-state index in [0.29, 0.717) is 5.92 Å². The number of rotatable bonds is 1. The molecule has 0 aromatic rings. The minimum atomic E-state index is -0.362. The van der Waals surface area contributed by atoms with Gasteiger partial charge in [-0.25, -0.2) is 4.79 Å². The highest BCUT2D eigenvalue weighted by molar-refractivity contribution is 5.92. The molecule has 0 unspecified atom stereocenters. The Morgan fingerprint density at radius 1 is 1.33 bits per heavy atom. The van der Waals surface area contributed by atoms with Crippen LogP contribution in [0.5, 0.6) is 0 Å². The quantitative estimate of drug-likeness (QED) is 0.725. The Morgan fingerprint density at radius 2 is 2.08 bits per heavy atom. The number of allylic oxidation sites excluding steroid dienone is 1. The minimum Gasteiger partial charge on any atom is -0.454 e. The Balaban J connectivity index is 1.77. The van der Waals surface area contributed by atoms with E-state index in [1.807, 2.05) is 6.92 Å². The van der Waals surface area contributed by atoms with Crippen LogP contribution in [-0.4, -0.2) is 35.0 Å². The molecule has 0 saturated heterocycles. The Bertz CT molecular complexity index is 648. The van der Waals surface area contributed by atoms with Crippen LogP contribution in [0, 0.1) is 22.7 Å². The maximum absolute atomic E-state index is 11.9. The summed E-state index contributed by atoms with van der Waals surface area (Å²) >= 11 is 0. The average Bonchev–Trinajstić information content (AvgIpc) is 2.84. The van der Waals surface area contributed by atoms with Gasteiger partial charge in [-0.05, 0) is 56.3 Å². The first-order valence-electron chi connectivity index (χ1n) is 9.22. The van der Waals surface area contributed by atoms with Gasteiger partial charge in [0.1, 0.15) is 6.10 Å². The number of aliphatic hydroxyl groups excluding tert-OH is 2. The molecule has 0 amide bonds. The van der Waals surface area contributed by atoms with Gasteiger partial charge in [0.05, 0.1) is 6.10 Å². The fourth-order valence-electron chi connectivity index (χ4n) is 6.15. The van der Waals surface area contributed by atoms with Gasteiger partial charge >= 0.3 is 5.97 Å². The number of fused-ring (bicyclic) bond motifs is 4. The van der Waals surface area contributed by atoms with Crippen molar-refractivity contribution in [2.75, 3.05) is 6.61 Å². The number of ether oxygens (including phenoxy) is 1. The Labute approximate surface area is 143 Å². The number of carbonyl (C=O) groups excluding carboxylic acids is 1. The van der Waals surface area contributed by atoms with Gasteiger partial charge in [-0.3, -0.25) is 0 Å². The predicted octanol–water partition coefficient (Wildman–Crippen LogP) is 2.74. The molecule has 4 nitrogen and oxygen atoms in total. The van der Waals surface area contributed by atoms with Crippen molar-refractivity contribution < 1.29 is 19.7 Å². The largest absolute Gasteiger partial charge is 0.454 e. The van der Waals surface area contributed by atoms with Crippen LogP contribution in [0.1, 0.15) is 52.9 Å². The van der Waals surface area contributed by atoms with E-state index in [2.05, 4.69) is 19.9 Å². The third-order valence-electron chi connectivity index (χ3n) is 7.71. The number of aliphatic hydroxyl groups is 2. The zero-order valence-electron chi connectivity index (χ0n) is 14.8. The molecule has 1 heterocycles. The van der Waals surface area contributed by atoms with Crippen molar-refractivity contribution in [3.63, 3.8) is 0 Å². The Hall–Kier alpha value is -1.13. The lowest BCUT2D eigenvalue weighted by Gasteiger charge is -2.61. The molecule has 4 aliphatic rings. The van der Waals surface area contributed by atoms with Crippen LogP contribution in [0.25, 0.3) is 0 Å². The average molecular weight is 332 g/mol. The smallest absolute Gasteiger partial charge is 0.334 e.